The first-order valence-electron chi connectivity index (χ1n) is 11.7. The minimum absolute atomic E-state index is 0.00938. The molecule has 0 aliphatic carbocycles. The van der Waals surface area contributed by atoms with Gasteiger partial charge >= 0.3 is 0 Å². The normalized spacial score (nSPS) is 11.6. The van der Waals surface area contributed by atoms with Gasteiger partial charge in [-0.2, -0.15) is 5.26 Å². The second kappa shape index (κ2) is 11.2. The van der Waals surface area contributed by atoms with Gasteiger partial charge in [-0.25, -0.2) is 18.2 Å². The number of pyridine rings is 1. The van der Waals surface area contributed by atoms with Crippen LogP contribution in [0.4, 0.5) is 24.7 Å². The molecule has 0 fully saturated rings. The largest absolute Gasteiger partial charge is 0.496 e. The first-order valence-corrected chi connectivity index (χ1v) is 11.7. The quantitative estimate of drug-likeness (QED) is 0.214. The molecule has 0 aliphatic heterocycles. The number of hydrogen-bond donors (Lipinski definition) is 3. The molecule has 2 aromatic heterocycles. The second-order valence-corrected chi connectivity index (χ2v) is 8.57. The number of nitrogens with two attached hydrogens (primary N) is 1. The van der Waals surface area contributed by atoms with Crippen molar-refractivity contribution in [3.63, 3.8) is 0 Å². The Labute approximate surface area is 226 Å². The Bertz CT molecular complexity index is 1680. The van der Waals surface area contributed by atoms with Crippen LogP contribution in [0, 0.1) is 11.3 Å². The summed E-state index contributed by atoms with van der Waals surface area (Å²) < 4.78 is 45.9. The summed E-state index contributed by atoms with van der Waals surface area (Å²) in [5, 5.41) is 14.5. The summed E-state index contributed by atoms with van der Waals surface area (Å²) in [6.07, 6.45) is -3.73. The summed E-state index contributed by atoms with van der Waals surface area (Å²) in [5.41, 5.74) is 9.78. The van der Waals surface area contributed by atoms with Gasteiger partial charge in [-0.05, 0) is 41.5 Å². The van der Waals surface area contributed by atoms with E-state index in [0.717, 1.165) is 6.08 Å². The lowest BCUT2D eigenvalue weighted by molar-refractivity contribution is -0.111. The maximum absolute atomic E-state index is 13.5. The van der Waals surface area contributed by atoms with Crippen molar-refractivity contribution in [2.45, 2.75) is 12.7 Å². The van der Waals surface area contributed by atoms with E-state index >= 15 is 0 Å². The third kappa shape index (κ3) is 5.04. The van der Waals surface area contributed by atoms with Crippen LogP contribution in [0.3, 0.4) is 0 Å². The third-order valence-electron chi connectivity index (χ3n) is 6.20. The highest BCUT2D eigenvalue weighted by Gasteiger charge is 2.26. The van der Waals surface area contributed by atoms with Crippen molar-refractivity contribution in [1.29, 1.82) is 5.26 Å². The molecule has 2 amide bonds. The fourth-order valence-electron chi connectivity index (χ4n) is 4.41. The maximum atomic E-state index is 13.5. The number of rotatable bonds is 8. The minimum atomic E-state index is -3.39. The number of nitrogens with zero attached hydrogens (tertiary/aromatic N) is 3. The lowest BCUT2D eigenvalue weighted by Gasteiger charge is -2.14. The van der Waals surface area contributed by atoms with Crippen LogP contribution in [0.5, 0.6) is 5.75 Å². The van der Waals surface area contributed by atoms with Crippen LogP contribution in [0.15, 0.2) is 61.3 Å². The molecule has 204 valence electrons. The lowest BCUT2D eigenvalue weighted by Crippen LogP contribution is -2.36. The van der Waals surface area contributed by atoms with Crippen LogP contribution in [-0.4, -0.2) is 41.2 Å². The summed E-state index contributed by atoms with van der Waals surface area (Å²) in [4.78, 5) is 28.4. The van der Waals surface area contributed by atoms with Gasteiger partial charge in [0, 0.05) is 24.5 Å². The highest BCUT2D eigenvalue weighted by atomic mass is 19.3. The number of ether oxygens (including phenoxy) is 1. The molecule has 9 nitrogen and oxygen atoms in total. The van der Waals surface area contributed by atoms with Crippen LogP contribution in [-0.2, 0) is 11.8 Å². The number of aryl methyl sites for hydroxylation is 1. The van der Waals surface area contributed by atoms with Gasteiger partial charge in [0.05, 0.1) is 34.8 Å². The molecular weight excluding hydrogens is 525 g/mol. The van der Waals surface area contributed by atoms with Crippen LogP contribution in [0.25, 0.3) is 33.3 Å². The van der Waals surface area contributed by atoms with Gasteiger partial charge in [-0.3, -0.25) is 9.59 Å². The zero-order valence-corrected chi connectivity index (χ0v) is 21.3. The van der Waals surface area contributed by atoms with Crippen molar-refractivity contribution in [2.75, 3.05) is 18.2 Å². The number of carbonyl (C=O) groups excluding carboxylic acids is 2. The second-order valence-electron chi connectivity index (χ2n) is 8.57. The first kappa shape index (κ1) is 27.7. The summed E-state index contributed by atoms with van der Waals surface area (Å²) >= 11 is 0. The SMILES string of the molecule is C=CC(=O)Nc1ccc(-c2c(-c3ccc(C(=O)NC(F)C(F)F)c(OC)c3)c3c(N)ncc(C#N)c3n2C)cc1. The molecule has 4 N–H and O–H groups in total. The number of benzene rings is 2. The molecule has 40 heavy (non-hydrogen) atoms. The van der Waals surface area contributed by atoms with E-state index < -0.39 is 18.6 Å². The molecule has 0 radical (unpaired) electrons. The van der Waals surface area contributed by atoms with E-state index in [0.29, 0.717) is 39.0 Å². The molecule has 0 saturated heterocycles. The van der Waals surface area contributed by atoms with E-state index in [1.54, 1.807) is 41.2 Å². The summed E-state index contributed by atoms with van der Waals surface area (Å²) in [7, 11) is 3.03. The predicted octanol–water partition coefficient (Wildman–Crippen LogP) is 4.78. The number of alkyl halides is 3. The Morgan fingerprint density at radius 2 is 1.85 bits per heavy atom. The van der Waals surface area contributed by atoms with Crippen molar-refractivity contribution >= 4 is 34.2 Å². The van der Waals surface area contributed by atoms with Gasteiger partial charge in [0.1, 0.15) is 17.6 Å². The lowest BCUT2D eigenvalue weighted by atomic mass is 9.96. The number of fused-ring (bicyclic) bond motifs is 1. The Morgan fingerprint density at radius 3 is 2.45 bits per heavy atom. The fourth-order valence-corrected chi connectivity index (χ4v) is 4.41. The van der Waals surface area contributed by atoms with Gasteiger partial charge < -0.3 is 25.7 Å². The fraction of sp³-hybridized carbons (Fsp3) is 0.143. The van der Waals surface area contributed by atoms with Crippen molar-refractivity contribution in [3.8, 4) is 34.2 Å². The first-order chi connectivity index (χ1) is 19.1. The highest BCUT2D eigenvalue weighted by Crippen LogP contribution is 2.44. The van der Waals surface area contributed by atoms with Crippen LogP contribution < -0.4 is 21.1 Å². The van der Waals surface area contributed by atoms with E-state index in [4.69, 9.17) is 10.5 Å². The van der Waals surface area contributed by atoms with Crippen LogP contribution in [0.1, 0.15) is 15.9 Å². The van der Waals surface area contributed by atoms with Crippen molar-refractivity contribution < 1.29 is 27.5 Å². The molecular formula is C28H23F3N6O3. The van der Waals surface area contributed by atoms with E-state index in [9.17, 15) is 28.0 Å². The zero-order chi connectivity index (χ0) is 29.1. The molecule has 4 rings (SSSR count). The van der Waals surface area contributed by atoms with E-state index in [1.807, 2.05) is 0 Å². The van der Waals surface area contributed by atoms with Gasteiger partial charge in [0.2, 0.25) is 12.2 Å². The number of hydrogen-bond acceptors (Lipinski definition) is 6. The summed E-state index contributed by atoms with van der Waals surface area (Å²) in [6.45, 7) is 3.43. The maximum Gasteiger partial charge on any atom is 0.287 e. The van der Waals surface area contributed by atoms with E-state index in [2.05, 4.69) is 22.9 Å². The molecule has 1 unspecified atom stereocenters. The van der Waals surface area contributed by atoms with Crippen LogP contribution in [0.2, 0.25) is 0 Å². The average molecular weight is 549 g/mol. The molecule has 2 heterocycles. The number of methoxy groups -OCH3 is 1. The molecule has 0 bridgehead atoms. The summed E-state index contributed by atoms with van der Waals surface area (Å²) in [5.74, 6) is -1.33. The smallest absolute Gasteiger partial charge is 0.287 e. The number of amides is 2. The van der Waals surface area contributed by atoms with Gasteiger partial charge in [0.25, 0.3) is 12.3 Å². The number of nitrogens with one attached hydrogen (secondary N) is 2. The van der Waals surface area contributed by atoms with Gasteiger partial charge in [-0.15, -0.1) is 0 Å². The number of nitrogen functional groups attached to an aromatic ring is 1. The molecule has 2 aromatic carbocycles. The number of carbonyl (C=O) groups is 2. The number of halogens is 3. The molecule has 4 aromatic rings. The summed E-state index contributed by atoms with van der Waals surface area (Å²) in [6, 6.07) is 13.4. The third-order valence-corrected chi connectivity index (χ3v) is 6.20. The minimum Gasteiger partial charge on any atom is -0.496 e. The standard InChI is InChI=1S/C28H23F3N6O3/c1-4-20(38)35-17-8-5-14(6-9-17)23-21(22-24(37(23)2)16(12-32)13-34-27(22)33)15-7-10-18(19(11-15)40-3)28(39)36-26(31)25(29)30/h4-11,13,25-26H,1H2,2-3H3,(H2,33,34)(H,35,38)(H,36,39). The topological polar surface area (TPSA) is 135 Å². The predicted molar refractivity (Wildman–Crippen MR) is 144 cm³/mol. The molecule has 0 saturated carbocycles. The number of aromatic nitrogens is 2. The Hall–Kier alpha value is -5.31. The molecule has 0 aliphatic rings. The molecule has 0 spiro atoms. The molecule has 1 atom stereocenters. The Kier molecular flexibility index (Phi) is 7.76. The average Bonchev–Trinajstić information content (AvgIpc) is 3.26. The van der Waals surface area contributed by atoms with Gasteiger partial charge in [-0.1, -0.05) is 24.8 Å². The van der Waals surface area contributed by atoms with Crippen LogP contribution >= 0.6 is 0 Å². The van der Waals surface area contributed by atoms with Gasteiger partial charge in [0.15, 0.2) is 0 Å². The molecule has 12 heteroatoms. The van der Waals surface area contributed by atoms with Crippen molar-refractivity contribution in [3.05, 3.63) is 72.4 Å². The number of anilines is 2. The zero-order valence-electron chi connectivity index (χ0n) is 21.3. The van der Waals surface area contributed by atoms with E-state index in [-0.39, 0.29) is 28.6 Å². The van der Waals surface area contributed by atoms with E-state index in [1.165, 1.54) is 31.5 Å². The Balaban J connectivity index is 1.94. The Morgan fingerprint density at radius 1 is 1.18 bits per heavy atom. The van der Waals surface area contributed by atoms with Crippen molar-refractivity contribution in [2.24, 2.45) is 7.05 Å². The number of nitriles is 1. The highest BCUT2D eigenvalue weighted by molar-refractivity contribution is 6.11. The monoisotopic (exact) mass is 548 g/mol. The van der Waals surface area contributed by atoms with Crippen molar-refractivity contribution in [1.82, 2.24) is 14.9 Å².